The van der Waals surface area contributed by atoms with E-state index < -0.39 is 22.5 Å². The van der Waals surface area contributed by atoms with E-state index >= 15 is 0 Å². The summed E-state index contributed by atoms with van der Waals surface area (Å²) >= 11 is 0. The van der Waals surface area contributed by atoms with Gasteiger partial charge in [-0.3, -0.25) is 9.10 Å². The minimum atomic E-state index is -3.62. The van der Waals surface area contributed by atoms with E-state index in [1.165, 1.54) is 14.2 Å². The Morgan fingerprint density at radius 3 is 2.42 bits per heavy atom. The van der Waals surface area contributed by atoms with Gasteiger partial charge in [0.2, 0.25) is 10.0 Å². The highest BCUT2D eigenvalue weighted by molar-refractivity contribution is 7.92. The molecule has 0 saturated carbocycles. The van der Waals surface area contributed by atoms with Crippen LogP contribution in [0.2, 0.25) is 0 Å². The topological polar surface area (TPSA) is 72.9 Å². The first-order chi connectivity index (χ1) is 8.79. The smallest absolute Gasteiger partial charge is 0.326 e. The molecule has 6 nitrogen and oxygen atoms in total. The van der Waals surface area contributed by atoms with E-state index in [9.17, 15) is 13.2 Å². The zero-order valence-electron chi connectivity index (χ0n) is 11.3. The van der Waals surface area contributed by atoms with Gasteiger partial charge in [-0.05, 0) is 24.6 Å². The number of methoxy groups -OCH3 is 2. The maximum absolute atomic E-state index is 11.8. The summed E-state index contributed by atoms with van der Waals surface area (Å²) in [5.74, 6) is -0.270. The molecular weight excluding hydrogens is 270 g/mol. The highest BCUT2D eigenvalue weighted by Crippen LogP contribution is 2.30. The molecule has 1 aromatic carbocycles. The molecule has 0 aliphatic rings. The number of sulfonamides is 1. The van der Waals surface area contributed by atoms with Crippen LogP contribution in [0.15, 0.2) is 18.2 Å². The van der Waals surface area contributed by atoms with Crippen LogP contribution in [-0.4, -0.2) is 41.4 Å². The van der Waals surface area contributed by atoms with Gasteiger partial charge in [0.05, 0.1) is 26.2 Å². The maximum Gasteiger partial charge on any atom is 0.326 e. The molecule has 0 N–H and O–H groups in total. The fourth-order valence-corrected chi connectivity index (χ4v) is 2.40. The third kappa shape index (κ3) is 3.85. The quantitative estimate of drug-likeness (QED) is 0.754. The lowest BCUT2D eigenvalue weighted by atomic mass is 10.2. The Morgan fingerprint density at radius 2 is 1.95 bits per heavy atom. The van der Waals surface area contributed by atoms with Gasteiger partial charge in [-0.1, -0.05) is 6.07 Å². The van der Waals surface area contributed by atoms with Crippen molar-refractivity contribution < 1.29 is 22.7 Å². The summed E-state index contributed by atoms with van der Waals surface area (Å²) in [7, 11) is -0.978. The van der Waals surface area contributed by atoms with Crippen molar-refractivity contribution in [2.75, 3.05) is 31.3 Å². The second-order valence-electron chi connectivity index (χ2n) is 4.02. The Morgan fingerprint density at radius 1 is 1.32 bits per heavy atom. The molecule has 0 unspecified atom stereocenters. The van der Waals surface area contributed by atoms with Crippen LogP contribution >= 0.6 is 0 Å². The van der Waals surface area contributed by atoms with Crippen molar-refractivity contribution in [3.05, 3.63) is 23.8 Å². The Bertz CT molecular complexity index is 567. The van der Waals surface area contributed by atoms with Gasteiger partial charge in [0, 0.05) is 0 Å². The van der Waals surface area contributed by atoms with Gasteiger partial charge in [-0.15, -0.1) is 0 Å². The van der Waals surface area contributed by atoms with Crippen molar-refractivity contribution in [2.45, 2.75) is 6.92 Å². The maximum atomic E-state index is 11.8. The summed E-state index contributed by atoms with van der Waals surface area (Å²) < 4.78 is 34.3. The van der Waals surface area contributed by atoms with Gasteiger partial charge in [-0.2, -0.15) is 0 Å². The number of carbonyl (C=O) groups is 1. The van der Waals surface area contributed by atoms with Gasteiger partial charge in [0.25, 0.3) is 0 Å². The Hall–Kier alpha value is -1.76. The number of aryl methyl sites for hydroxylation is 1. The minimum absolute atomic E-state index is 0.315. The third-order valence-corrected chi connectivity index (χ3v) is 3.63. The van der Waals surface area contributed by atoms with Gasteiger partial charge < -0.3 is 9.47 Å². The molecule has 19 heavy (non-hydrogen) atoms. The summed E-state index contributed by atoms with van der Waals surface area (Å²) in [4.78, 5) is 11.4. The van der Waals surface area contributed by atoms with Crippen LogP contribution in [0.1, 0.15) is 5.56 Å². The highest BCUT2D eigenvalue weighted by atomic mass is 32.2. The zero-order valence-corrected chi connectivity index (χ0v) is 12.2. The normalized spacial score (nSPS) is 10.9. The van der Waals surface area contributed by atoms with Crippen molar-refractivity contribution in [3.8, 4) is 5.75 Å². The van der Waals surface area contributed by atoms with E-state index in [0.717, 1.165) is 16.1 Å². The van der Waals surface area contributed by atoms with E-state index in [4.69, 9.17) is 4.74 Å². The summed E-state index contributed by atoms with van der Waals surface area (Å²) in [6.07, 6.45) is 1.03. The van der Waals surface area contributed by atoms with Crippen LogP contribution in [0.5, 0.6) is 5.75 Å². The molecule has 0 aliphatic carbocycles. The van der Waals surface area contributed by atoms with E-state index in [2.05, 4.69) is 4.74 Å². The first kappa shape index (κ1) is 15.3. The lowest BCUT2D eigenvalue weighted by Gasteiger charge is -2.23. The third-order valence-electron chi connectivity index (χ3n) is 2.50. The van der Waals surface area contributed by atoms with Crippen LogP contribution in [0.4, 0.5) is 5.69 Å². The molecule has 1 aromatic rings. The fraction of sp³-hybridized carbons (Fsp3) is 0.417. The summed E-state index contributed by atoms with van der Waals surface area (Å²) in [6.45, 7) is 1.43. The standard InChI is InChI=1S/C12H17NO5S/c1-9-5-6-11(17-2)10(7-9)13(19(4,15)16)8-12(14)18-3/h5-7H,8H2,1-4H3. The molecule has 1 rings (SSSR count). The number of hydrogen-bond donors (Lipinski definition) is 0. The average molecular weight is 287 g/mol. The van der Waals surface area contributed by atoms with Crippen LogP contribution in [0, 0.1) is 6.92 Å². The summed E-state index contributed by atoms with van der Waals surface area (Å²) in [5, 5.41) is 0. The van der Waals surface area contributed by atoms with Crippen LogP contribution in [0.3, 0.4) is 0 Å². The van der Waals surface area contributed by atoms with Gasteiger partial charge in [-0.25, -0.2) is 8.42 Å². The first-order valence-corrected chi connectivity index (χ1v) is 7.33. The monoisotopic (exact) mass is 287 g/mol. The van der Waals surface area contributed by atoms with Gasteiger partial charge in [0.1, 0.15) is 12.3 Å². The lowest BCUT2D eigenvalue weighted by Crippen LogP contribution is -2.35. The molecule has 0 amide bonds. The molecule has 0 atom stereocenters. The Labute approximate surface area is 113 Å². The summed E-state index contributed by atoms with van der Waals surface area (Å²) in [5.41, 5.74) is 1.17. The molecule has 7 heteroatoms. The lowest BCUT2D eigenvalue weighted by molar-refractivity contribution is -0.138. The van der Waals surface area contributed by atoms with Crippen molar-refractivity contribution in [1.29, 1.82) is 0 Å². The van der Waals surface area contributed by atoms with E-state index in [0.29, 0.717) is 11.4 Å². The number of esters is 1. The molecule has 0 aromatic heterocycles. The van der Waals surface area contributed by atoms with Crippen LogP contribution in [-0.2, 0) is 19.6 Å². The van der Waals surface area contributed by atoms with Gasteiger partial charge in [0.15, 0.2) is 0 Å². The number of anilines is 1. The van der Waals surface area contributed by atoms with Crippen LogP contribution in [0.25, 0.3) is 0 Å². The molecule has 0 heterocycles. The summed E-state index contributed by atoms with van der Waals surface area (Å²) in [6, 6.07) is 5.09. The molecule has 0 radical (unpaired) electrons. The number of nitrogens with zero attached hydrogens (tertiary/aromatic N) is 1. The van der Waals surface area contributed by atoms with Gasteiger partial charge >= 0.3 is 5.97 Å². The molecule has 0 bridgehead atoms. The predicted octanol–water partition coefficient (Wildman–Crippen LogP) is 0.943. The van der Waals surface area contributed by atoms with Crippen LogP contribution < -0.4 is 9.04 Å². The Balaban J connectivity index is 3.32. The number of benzene rings is 1. The largest absolute Gasteiger partial charge is 0.495 e. The van der Waals surface area contributed by atoms with E-state index in [-0.39, 0.29) is 0 Å². The SMILES string of the molecule is COC(=O)CN(c1cc(C)ccc1OC)S(C)(=O)=O. The van der Waals surface area contributed by atoms with Crippen molar-refractivity contribution in [3.63, 3.8) is 0 Å². The molecular formula is C12H17NO5S. The second kappa shape index (κ2) is 5.92. The molecule has 0 fully saturated rings. The van der Waals surface area contributed by atoms with E-state index in [1.54, 1.807) is 18.2 Å². The Kier molecular flexibility index (Phi) is 4.77. The fourth-order valence-electron chi connectivity index (χ4n) is 1.56. The zero-order chi connectivity index (χ0) is 14.6. The molecule has 0 saturated heterocycles. The average Bonchev–Trinajstić information content (AvgIpc) is 2.34. The van der Waals surface area contributed by atoms with E-state index in [1.807, 2.05) is 6.92 Å². The van der Waals surface area contributed by atoms with Crippen molar-refractivity contribution in [1.82, 2.24) is 0 Å². The second-order valence-corrected chi connectivity index (χ2v) is 5.93. The molecule has 106 valence electrons. The molecule has 0 aliphatic heterocycles. The highest BCUT2D eigenvalue weighted by Gasteiger charge is 2.24. The molecule has 0 spiro atoms. The number of rotatable bonds is 5. The van der Waals surface area contributed by atoms with Crippen molar-refractivity contribution >= 4 is 21.7 Å². The predicted molar refractivity (Wildman–Crippen MR) is 71.9 cm³/mol. The first-order valence-electron chi connectivity index (χ1n) is 5.48. The number of ether oxygens (including phenoxy) is 2. The number of carbonyl (C=O) groups excluding carboxylic acids is 1. The number of hydrogen-bond acceptors (Lipinski definition) is 5. The van der Waals surface area contributed by atoms with Crippen molar-refractivity contribution in [2.24, 2.45) is 0 Å². The minimum Gasteiger partial charge on any atom is -0.495 e.